The Labute approximate surface area is 359 Å². The van der Waals surface area contributed by atoms with Gasteiger partial charge in [0, 0.05) is 29.1 Å². The largest absolute Gasteiger partial charge is 0.324 e. The molecule has 1 aliphatic heterocycles. The minimum Gasteiger partial charge on any atom is -0.324 e. The lowest BCUT2D eigenvalue weighted by Gasteiger charge is -2.24. The number of amidine groups is 2. The third-order valence-corrected chi connectivity index (χ3v) is 12.4. The first-order valence-corrected chi connectivity index (χ1v) is 21.1. The van der Waals surface area contributed by atoms with Crippen LogP contribution in [0.2, 0.25) is 0 Å². The fourth-order valence-corrected chi connectivity index (χ4v) is 9.52. The summed E-state index contributed by atoms with van der Waals surface area (Å²) in [4.78, 5) is 15.5. The highest BCUT2D eigenvalue weighted by molar-refractivity contribution is 6.33. The molecular formula is C58H38N4. The molecular weight excluding hydrogens is 753 g/mol. The number of hydrogen-bond acceptors (Lipinski definition) is 4. The highest BCUT2D eigenvalue weighted by Crippen LogP contribution is 2.44. The van der Waals surface area contributed by atoms with E-state index in [0.717, 1.165) is 56.0 Å². The molecule has 12 rings (SSSR count). The summed E-state index contributed by atoms with van der Waals surface area (Å²) in [6.45, 7) is 0. The van der Waals surface area contributed by atoms with E-state index in [4.69, 9.17) is 9.98 Å². The van der Waals surface area contributed by atoms with E-state index in [2.05, 4.69) is 204 Å². The summed E-state index contributed by atoms with van der Waals surface area (Å²) >= 11 is 0. The van der Waals surface area contributed by atoms with Gasteiger partial charge in [0.05, 0.1) is 0 Å². The van der Waals surface area contributed by atoms with E-state index in [0.29, 0.717) is 0 Å². The fourth-order valence-electron chi connectivity index (χ4n) is 9.52. The van der Waals surface area contributed by atoms with Crippen LogP contribution in [0.4, 0.5) is 0 Å². The summed E-state index contributed by atoms with van der Waals surface area (Å²) in [5.74, 6) is 1.56. The molecule has 4 heteroatoms. The first-order valence-electron chi connectivity index (χ1n) is 21.1. The first-order chi connectivity index (χ1) is 30.7. The Morgan fingerprint density at radius 3 is 1.50 bits per heavy atom. The van der Waals surface area contributed by atoms with Crippen LogP contribution in [0, 0.1) is 0 Å². The van der Waals surface area contributed by atoms with Crippen molar-refractivity contribution in [1.82, 2.24) is 10.3 Å². The Balaban J connectivity index is 1.11. The van der Waals surface area contributed by atoms with Crippen molar-refractivity contribution in [2.24, 2.45) is 9.98 Å². The lowest BCUT2D eigenvalue weighted by atomic mass is 9.86. The van der Waals surface area contributed by atoms with E-state index in [1.54, 1.807) is 0 Å². The Morgan fingerprint density at radius 2 is 0.823 bits per heavy atom. The number of nitrogens with one attached hydrogen (secondary N) is 1. The lowest BCUT2D eigenvalue weighted by Crippen LogP contribution is -2.36. The van der Waals surface area contributed by atoms with Crippen LogP contribution in [0.25, 0.3) is 87.2 Å². The zero-order valence-corrected chi connectivity index (χ0v) is 33.7. The number of nitrogens with zero attached hydrogens (tertiary/aromatic N) is 3. The Kier molecular flexibility index (Phi) is 8.53. The minimum absolute atomic E-state index is 0.541. The van der Waals surface area contributed by atoms with Gasteiger partial charge in [0.15, 0.2) is 6.17 Å². The van der Waals surface area contributed by atoms with Gasteiger partial charge in [-0.1, -0.05) is 176 Å². The van der Waals surface area contributed by atoms with Gasteiger partial charge in [-0.05, 0) is 118 Å². The number of aromatic nitrogens is 1. The van der Waals surface area contributed by atoms with Gasteiger partial charge in [-0.3, -0.25) is 4.98 Å². The molecule has 0 amide bonds. The molecule has 0 saturated heterocycles. The van der Waals surface area contributed by atoms with Gasteiger partial charge in [0.25, 0.3) is 0 Å². The minimum atomic E-state index is -0.541. The summed E-state index contributed by atoms with van der Waals surface area (Å²) < 4.78 is 0. The van der Waals surface area contributed by atoms with Gasteiger partial charge in [0.2, 0.25) is 0 Å². The predicted octanol–water partition coefficient (Wildman–Crippen LogP) is 14.3. The number of hydrogen-bond donors (Lipinski definition) is 1. The Hall–Kier alpha value is -8.21. The normalized spacial score (nSPS) is 14.0. The van der Waals surface area contributed by atoms with Gasteiger partial charge in [-0.2, -0.15) is 0 Å². The van der Waals surface area contributed by atoms with Crippen LogP contribution < -0.4 is 5.32 Å². The summed E-state index contributed by atoms with van der Waals surface area (Å²) in [5, 5.41) is 16.0. The molecule has 0 bridgehead atoms. The Morgan fingerprint density at radius 1 is 0.323 bits per heavy atom. The van der Waals surface area contributed by atoms with Crippen LogP contribution in [0.1, 0.15) is 22.9 Å². The maximum absolute atomic E-state index is 5.51. The summed E-state index contributed by atoms with van der Waals surface area (Å²) in [7, 11) is 0. The quantitative estimate of drug-likeness (QED) is 0.171. The van der Waals surface area contributed by atoms with Gasteiger partial charge in [-0.25, -0.2) is 9.98 Å². The van der Waals surface area contributed by atoms with Crippen molar-refractivity contribution in [3.8, 4) is 33.4 Å². The molecule has 0 aliphatic carbocycles. The monoisotopic (exact) mass is 790 g/mol. The van der Waals surface area contributed by atoms with Crippen LogP contribution in [-0.4, -0.2) is 16.7 Å². The second kappa shape index (κ2) is 14.8. The van der Waals surface area contributed by atoms with Gasteiger partial charge in [0.1, 0.15) is 11.7 Å². The molecule has 0 saturated carbocycles. The smallest absolute Gasteiger partial charge is 0.169 e. The summed E-state index contributed by atoms with van der Waals surface area (Å²) in [6, 6.07) is 73.9. The SMILES string of the molecule is c1ccc(C2=NC(c3cc(-c4cccnc4)cc(-c4cc5c6ccccc6c6ccccc6c5c5ccccc45)c3)N=C(c3ccc(-c4ccccc4)c4ccccc34)N2)cc1. The van der Waals surface area contributed by atoms with Crippen LogP contribution in [0.15, 0.2) is 229 Å². The molecule has 11 aromatic rings. The fraction of sp³-hybridized carbons (Fsp3) is 0.0172. The second-order valence-corrected chi connectivity index (χ2v) is 16.0. The van der Waals surface area contributed by atoms with Gasteiger partial charge in [-0.15, -0.1) is 0 Å². The molecule has 0 radical (unpaired) electrons. The zero-order chi connectivity index (χ0) is 41.0. The molecule has 1 aliphatic rings. The molecule has 290 valence electrons. The highest BCUT2D eigenvalue weighted by Gasteiger charge is 2.24. The molecule has 1 atom stereocenters. The Bertz CT molecular complexity index is 3590. The molecule has 1 unspecified atom stereocenters. The van der Waals surface area contributed by atoms with E-state index >= 15 is 0 Å². The van der Waals surface area contributed by atoms with E-state index in [1.807, 2.05) is 24.5 Å². The standard InChI is InChI=1S/C58H38N4/c1-3-16-37(17-4-1)43-29-30-52(47-24-9-7-21-44(43)47)58-61-56(38-18-5-2-6-19-38)60-57(62-58)42-33-40(39-20-15-31-59-36-39)32-41(34-42)53-35-54-48-25-10-8-22-45(48)46-23-11-13-27-50(46)55(54)51-28-14-12-26-49(51)53/h1-36,57H,(H,60,61,62). The van der Waals surface area contributed by atoms with Crippen molar-refractivity contribution < 1.29 is 0 Å². The number of benzene rings is 10. The van der Waals surface area contributed by atoms with Crippen molar-refractivity contribution in [3.63, 3.8) is 0 Å². The molecule has 1 N–H and O–H groups in total. The maximum atomic E-state index is 5.51. The van der Waals surface area contributed by atoms with Crippen molar-refractivity contribution in [1.29, 1.82) is 0 Å². The molecule has 4 nitrogen and oxygen atoms in total. The second-order valence-electron chi connectivity index (χ2n) is 16.0. The van der Waals surface area contributed by atoms with Crippen molar-refractivity contribution in [2.45, 2.75) is 6.17 Å². The average molecular weight is 791 g/mol. The first kappa shape index (κ1) is 35.7. The predicted molar refractivity (Wildman–Crippen MR) is 260 cm³/mol. The van der Waals surface area contributed by atoms with E-state index in [1.165, 1.54) is 59.6 Å². The van der Waals surface area contributed by atoms with E-state index < -0.39 is 6.17 Å². The van der Waals surface area contributed by atoms with Crippen molar-refractivity contribution in [2.75, 3.05) is 0 Å². The highest BCUT2D eigenvalue weighted by atomic mass is 15.2. The maximum Gasteiger partial charge on any atom is 0.169 e. The van der Waals surface area contributed by atoms with Crippen LogP contribution >= 0.6 is 0 Å². The van der Waals surface area contributed by atoms with E-state index in [9.17, 15) is 0 Å². The molecule has 62 heavy (non-hydrogen) atoms. The number of rotatable bonds is 6. The summed E-state index contributed by atoms with van der Waals surface area (Å²) in [6.07, 6.45) is 3.23. The number of aliphatic imine (C=N–C) groups is 2. The van der Waals surface area contributed by atoms with Crippen LogP contribution in [-0.2, 0) is 0 Å². The molecule has 10 aromatic carbocycles. The third kappa shape index (κ3) is 6.03. The lowest BCUT2D eigenvalue weighted by molar-refractivity contribution is 0.756. The zero-order valence-electron chi connectivity index (χ0n) is 33.7. The number of pyridine rings is 1. The van der Waals surface area contributed by atoms with Gasteiger partial charge >= 0.3 is 0 Å². The topological polar surface area (TPSA) is 49.6 Å². The molecule has 0 spiro atoms. The molecule has 2 heterocycles. The van der Waals surface area contributed by atoms with Crippen molar-refractivity contribution in [3.05, 3.63) is 235 Å². The van der Waals surface area contributed by atoms with E-state index in [-0.39, 0.29) is 0 Å². The third-order valence-electron chi connectivity index (χ3n) is 12.4. The van der Waals surface area contributed by atoms with Gasteiger partial charge < -0.3 is 5.32 Å². The number of fused-ring (bicyclic) bond motifs is 9. The van der Waals surface area contributed by atoms with Crippen LogP contribution in [0.5, 0.6) is 0 Å². The average Bonchev–Trinajstić information content (AvgIpc) is 3.36. The van der Waals surface area contributed by atoms with Crippen molar-refractivity contribution >= 4 is 65.5 Å². The molecule has 0 fully saturated rings. The summed E-state index contributed by atoms with van der Waals surface area (Å²) in [5.41, 5.74) is 9.73. The molecule has 1 aromatic heterocycles. The van der Waals surface area contributed by atoms with Crippen LogP contribution in [0.3, 0.4) is 0 Å².